The fourth-order valence-electron chi connectivity index (χ4n) is 3.13. The van der Waals surface area contributed by atoms with Gasteiger partial charge >= 0.3 is 0 Å². The first-order valence-electron chi connectivity index (χ1n) is 7.38. The second-order valence-electron chi connectivity index (χ2n) is 5.34. The monoisotopic (exact) mass is 255 g/mol. The van der Waals surface area contributed by atoms with Gasteiger partial charge in [0, 0.05) is 6.04 Å². The van der Waals surface area contributed by atoms with Crippen molar-refractivity contribution < 1.29 is 4.79 Å². The maximum Gasteiger partial charge on any atom is 0.237 e. The quantitative estimate of drug-likeness (QED) is 0.725. The zero-order chi connectivity index (χ0) is 13.6. The summed E-state index contributed by atoms with van der Waals surface area (Å²) in [5.74, 6) is -0.173. The van der Waals surface area contributed by atoms with E-state index in [-0.39, 0.29) is 5.91 Å². The number of rotatable bonds is 7. The zero-order valence-corrected chi connectivity index (χ0v) is 12.2. The highest BCUT2D eigenvalue weighted by molar-refractivity contribution is 5.84. The van der Waals surface area contributed by atoms with Crippen molar-refractivity contribution in [3.63, 3.8) is 0 Å². The highest BCUT2D eigenvalue weighted by Crippen LogP contribution is 2.31. The number of nitrogens with one attached hydrogen (secondary N) is 1. The smallest absolute Gasteiger partial charge is 0.237 e. The van der Waals surface area contributed by atoms with E-state index in [1.165, 1.54) is 6.42 Å². The molecule has 0 spiro atoms. The van der Waals surface area contributed by atoms with Crippen LogP contribution in [0.5, 0.6) is 0 Å². The SMILES string of the molecule is CCCNC1(C(N)=O)CCCC(N(CC)CC)C1. The molecule has 4 nitrogen and oxygen atoms in total. The molecule has 106 valence electrons. The number of nitrogens with zero attached hydrogens (tertiary/aromatic N) is 1. The van der Waals surface area contributed by atoms with Gasteiger partial charge in [-0.25, -0.2) is 0 Å². The molecule has 0 aliphatic heterocycles. The number of primary amides is 1. The first-order chi connectivity index (χ1) is 8.59. The molecule has 18 heavy (non-hydrogen) atoms. The predicted octanol–water partition coefficient (Wildman–Crippen LogP) is 1.49. The summed E-state index contributed by atoms with van der Waals surface area (Å²) in [5.41, 5.74) is 5.20. The van der Waals surface area contributed by atoms with Crippen molar-refractivity contribution in [2.24, 2.45) is 5.73 Å². The van der Waals surface area contributed by atoms with Gasteiger partial charge in [0.05, 0.1) is 5.54 Å². The van der Waals surface area contributed by atoms with Crippen LogP contribution in [0.25, 0.3) is 0 Å². The Morgan fingerprint density at radius 3 is 2.56 bits per heavy atom. The first-order valence-corrected chi connectivity index (χ1v) is 7.38. The van der Waals surface area contributed by atoms with Crippen molar-refractivity contribution in [1.29, 1.82) is 0 Å². The Balaban J connectivity index is 2.76. The molecular formula is C14H29N3O. The van der Waals surface area contributed by atoms with Crippen molar-refractivity contribution in [2.45, 2.75) is 64.5 Å². The van der Waals surface area contributed by atoms with Crippen LogP contribution in [0.1, 0.15) is 52.9 Å². The van der Waals surface area contributed by atoms with E-state index in [0.29, 0.717) is 6.04 Å². The minimum Gasteiger partial charge on any atom is -0.368 e. The number of nitrogens with two attached hydrogens (primary N) is 1. The van der Waals surface area contributed by atoms with Crippen LogP contribution in [0.15, 0.2) is 0 Å². The molecule has 1 aliphatic carbocycles. The molecule has 1 amide bonds. The van der Waals surface area contributed by atoms with Crippen LogP contribution in [0, 0.1) is 0 Å². The predicted molar refractivity (Wildman–Crippen MR) is 75.4 cm³/mol. The molecule has 1 aliphatic rings. The van der Waals surface area contributed by atoms with E-state index in [4.69, 9.17) is 5.73 Å². The van der Waals surface area contributed by atoms with Crippen LogP contribution in [0.2, 0.25) is 0 Å². The van der Waals surface area contributed by atoms with Gasteiger partial charge in [0.1, 0.15) is 0 Å². The van der Waals surface area contributed by atoms with Gasteiger partial charge in [-0.2, -0.15) is 0 Å². The third-order valence-electron chi connectivity index (χ3n) is 4.24. The molecule has 2 atom stereocenters. The summed E-state index contributed by atoms with van der Waals surface area (Å²) in [6.07, 6.45) is 5.06. The molecule has 3 N–H and O–H groups in total. The summed E-state index contributed by atoms with van der Waals surface area (Å²) in [4.78, 5) is 14.3. The third kappa shape index (κ3) is 3.45. The van der Waals surface area contributed by atoms with Gasteiger partial charge < -0.3 is 16.0 Å². The fourth-order valence-corrected chi connectivity index (χ4v) is 3.13. The zero-order valence-electron chi connectivity index (χ0n) is 12.2. The van der Waals surface area contributed by atoms with Crippen molar-refractivity contribution in [3.8, 4) is 0 Å². The van der Waals surface area contributed by atoms with Crippen LogP contribution in [-0.2, 0) is 4.79 Å². The van der Waals surface area contributed by atoms with E-state index >= 15 is 0 Å². The minimum atomic E-state index is -0.471. The van der Waals surface area contributed by atoms with Crippen LogP contribution in [-0.4, -0.2) is 42.0 Å². The summed E-state index contributed by atoms with van der Waals surface area (Å²) < 4.78 is 0. The van der Waals surface area contributed by atoms with Crippen LogP contribution in [0.3, 0.4) is 0 Å². The standard InChI is InChI=1S/C14H29N3O/c1-4-10-16-14(13(15)18)9-7-8-12(11-14)17(5-2)6-3/h12,16H,4-11H2,1-3H3,(H2,15,18). The second-order valence-corrected chi connectivity index (χ2v) is 5.34. The third-order valence-corrected chi connectivity index (χ3v) is 4.24. The van der Waals surface area contributed by atoms with Crippen LogP contribution >= 0.6 is 0 Å². The second kappa shape index (κ2) is 7.10. The molecule has 1 rings (SSSR count). The van der Waals surface area contributed by atoms with Crippen molar-refractivity contribution >= 4 is 5.91 Å². The summed E-state index contributed by atoms with van der Waals surface area (Å²) in [6.45, 7) is 9.45. The molecule has 1 saturated carbocycles. The van der Waals surface area contributed by atoms with Gasteiger partial charge in [0.2, 0.25) is 5.91 Å². The Kier molecular flexibility index (Phi) is 6.09. The van der Waals surface area contributed by atoms with Gasteiger partial charge in [-0.1, -0.05) is 20.8 Å². The Labute approximate surface area is 111 Å². The van der Waals surface area contributed by atoms with Gasteiger partial charge in [-0.05, 0) is 51.7 Å². The Morgan fingerprint density at radius 2 is 2.06 bits per heavy atom. The molecule has 1 fully saturated rings. The minimum absolute atomic E-state index is 0.173. The molecule has 0 saturated heterocycles. The molecule has 0 radical (unpaired) electrons. The van der Waals surface area contributed by atoms with E-state index in [1.54, 1.807) is 0 Å². The van der Waals surface area contributed by atoms with Gasteiger partial charge in [0.15, 0.2) is 0 Å². The first kappa shape index (κ1) is 15.4. The van der Waals surface area contributed by atoms with Gasteiger partial charge in [-0.15, -0.1) is 0 Å². The molecule has 0 aromatic heterocycles. The maximum absolute atomic E-state index is 11.9. The lowest BCUT2D eigenvalue weighted by Gasteiger charge is -2.43. The lowest BCUT2D eigenvalue weighted by molar-refractivity contribution is -0.126. The van der Waals surface area contributed by atoms with Crippen molar-refractivity contribution in [3.05, 3.63) is 0 Å². The molecule has 0 aromatic rings. The molecule has 0 bridgehead atoms. The molecule has 4 heteroatoms. The average Bonchev–Trinajstić information content (AvgIpc) is 2.38. The number of carbonyl (C=O) groups excluding carboxylic acids is 1. The summed E-state index contributed by atoms with van der Waals surface area (Å²) in [6, 6.07) is 0.491. The van der Waals surface area contributed by atoms with E-state index in [0.717, 1.165) is 45.3 Å². The molecule has 0 heterocycles. The van der Waals surface area contributed by atoms with Crippen molar-refractivity contribution in [1.82, 2.24) is 10.2 Å². The highest BCUT2D eigenvalue weighted by atomic mass is 16.1. The number of carbonyl (C=O) groups is 1. The average molecular weight is 255 g/mol. The Bertz CT molecular complexity index is 266. The molecule has 2 unspecified atom stereocenters. The lowest BCUT2D eigenvalue weighted by Crippen LogP contribution is -2.60. The molecule has 0 aromatic carbocycles. The summed E-state index contributed by atoms with van der Waals surface area (Å²) >= 11 is 0. The Morgan fingerprint density at radius 1 is 1.39 bits per heavy atom. The highest BCUT2D eigenvalue weighted by Gasteiger charge is 2.41. The van der Waals surface area contributed by atoms with Crippen LogP contribution in [0.4, 0.5) is 0 Å². The Hall–Kier alpha value is -0.610. The van der Waals surface area contributed by atoms with Gasteiger partial charge in [0.25, 0.3) is 0 Å². The normalized spacial score (nSPS) is 28.6. The molecular weight excluding hydrogens is 226 g/mol. The largest absolute Gasteiger partial charge is 0.368 e. The summed E-state index contributed by atoms with van der Waals surface area (Å²) in [7, 11) is 0. The van der Waals surface area contributed by atoms with E-state index in [9.17, 15) is 4.79 Å². The lowest BCUT2D eigenvalue weighted by atomic mass is 9.77. The van der Waals surface area contributed by atoms with E-state index in [1.807, 2.05) is 0 Å². The number of hydrogen-bond acceptors (Lipinski definition) is 3. The fraction of sp³-hybridized carbons (Fsp3) is 0.929. The van der Waals surface area contributed by atoms with Crippen LogP contribution < -0.4 is 11.1 Å². The maximum atomic E-state index is 11.9. The van der Waals surface area contributed by atoms with Gasteiger partial charge in [-0.3, -0.25) is 4.79 Å². The van der Waals surface area contributed by atoms with E-state index < -0.39 is 5.54 Å². The van der Waals surface area contributed by atoms with Crippen molar-refractivity contribution in [2.75, 3.05) is 19.6 Å². The topological polar surface area (TPSA) is 58.4 Å². The van der Waals surface area contributed by atoms with E-state index in [2.05, 4.69) is 31.0 Å². The number of amides is 1. The summed E-state index contributed by atoms with van der Waals surface area (Å²) in [5, 5.41) is 3.42. The number of hydrogen-bond donors (Lipinski definition) is 2.